The highest BCUT2D eigenvalue weighted by Crippen LogP contribution is 2.21. The first-order valence-corrected chi connectivity index (χ1v) is 9.44. The molecule has 1 heterocycles. The van der Waals surface area contributed by atoms with Gasteiger partial charge >= 0.3 is 0 Å². The molecule has 1 aromatic carbocycles. The molecule has 1 fully saturated rings. The van der Waals surface area contributed by atoms with Crippen molar-refractivity contribution >= 4 is 17.7 Å². The van der Waals surface area contributed by atoms with Crippen LogP contribution in [0.15, 0.2) is 29.2 Å². The summed E-state index contributed by atoms with van der Waals surface area (Å²) in [5.74, 6) is 0.813. The van der Waals surface area contributed by atoms with E-state index in [9.17, 15) is 4.79 Å². The van der Waals surface area contributed by atoms with Crippen molar-refractivity contribution in [3.63, 3.8) is 0 Å². The summed E-state index contributed by atoms with van der Waals surface area (Å²) in [6, 6.07) is 8.72. The first-order chi connectivity index (χ1) is 11.1. The number of rotatable bonds is 6. The van der Waals surface area contributed by atoms with Crippen molar-refractivity contribution in [2.24, 2.45) is 0 Å². The van der Waals surface area contributed by atoms with E-state index in [1.807, 2.05) is 29.2 Å². The van der Waals surface area contributed by atoms with Gasteiger partial charge in [-0.15, -0.1) is 11.8 Å². The van der Waals surface area contributed by atoms with Crippen LogP contribution in [0.1, 0.15) is 37.6 Å². The Balaban J connectivity index is 2.00. The largest absolute Gasteiger partial charge is 0.396 e. The summed E-state index contributed by atoms with van der Waals surface area (Å²) >= 11 is 1.60. The number of piperazine rings is 1. The van der Waals surface area contributed by atoms with Gasteiger partial charge in [-0.1, -0.05) is 6.92 Å². The molecule has 1 aromatic rings. The lowest BCUT2D eigenvalue weighted by atomic mass is 10.1. The Labute approximate surface area is 143 Å². The van der Waals surface area contributed by atoms with E-state index < -0.39 is 0 Å². The van der Waals surface area contributed by atoms with Gasteiger partial charge in [-0.3, -0.25) is 9.69 Å². The standard InChI is InChI=1S/C18H28N2O2S/c1-4-16-13-19(9-10-20(16)14(2)3)18(22)15-5-7-17(8-6-15)23-12-11-21/h5-8,14,16,21H,4,9-13H2,1-3H3/t16-/m0/s1. The van der Waals surface area contributed by atoms with E-state index in [-0.39, 0.29) is 12.5 Å². The zero-order chi connectivity index (χ0) is 16.8. The van der Waals surface area contributed by atoms with Crippen LogP contribution in [0.5, 0.6) is 0 Å². The van der Waals surface area contributed by atoms with E-state index >= 15 is 0 Å². The molecular formula is C18H28N2O2S. The highest BCUT2D eigenvalue weighted by Gasteiger charge is 2.30. The monoisotopic (exact) mass is 336 g/mol. The fourth-order valence-corrected chi connectivity index (χ4v) is 3.79. The van der Waals surface area contributed by atoms with Crippen molar-refractivity contribution in [3.8, 4) is 0 Å². The number of nitrogens with zero attached hydrogens (tertiary/aromatic N) is 2. The Morgan fingerprint density at radius 1 is 1.30 bits per heavy atom. The zero-order valence-corrected chi connectivity index (χ0v) is 15.2. The van der Waals surface area contributed by atoms with Crippen LogP contribution < -0.4 is 0 Å². The molecule has 0 unspecified atom stereocenters. The molecule has 1 saturated heterocycles. The molecule has 0 spiro atoms. The molecule has 0 aliphatic carbocycles. The van der Waals surface area contributed by atoms with Crippen molar-refractivity contribution in [1.29, 1.82) is 0 Å². The number of carbonyl (C=O) groups excluding carboxylic acids is 1. The molecule has 5 heteroatoms. The first-order valence-electron chi connectivity index (χ1n) is 8.45. The summed E-state index contributed by atoms with van der Waals surface area (Å²) in [7, 11) is 0. The number of carbonyl (C=O) groups is 1. The third kappa shape index (κ3) is 4.72. The average molecular weight is 337 g/mol. The summed E-state index contributed by atoms with van der Waals surface area (Å²) in [5.41, 5.74) is 0.756. The summed E-state index contributed by atoms with van der Waals surface area (Å²) in [5, 5.41) is 8.86. The van der Waals surface area contributed by atoms with Gasteiger partial charge in [0.2, 0.25) is 0 Å². The Bertz CT molecular complexity index is 504. The van der Waals surface area contributed by atoms with Crippen molar-refractivity contribution in [3.05, 3.63) is 29.8 Å². The second kappa shape index (κ2) is 8.71. The second-order valence-corrected chi connectivity index (χ2v) is 7.41. The highest BCUT2D eigenvalue weighted by molar-refractivity contribution is 7.99. The Morgan fingerprint density at radius 2 is 2.00 bits per heavy atom. The van der Waals surface area contributed by atoms with Crippen LogP contribution in [-0.2, 0) is 0 Å². The zero-order valence-electron chi connectivity index (χ0n) is 14.4. The number of hydrogen-bond donors (Lipinski definition) is 1. The number of hydrogen-bond acceptors (Lipinski definition) is 4. The molecule has 1 amide bonds. The summed E-state index contributed by atoms with van der Waals surface area (Å²) in [6.45, 7) is 9.38. The highest BCUT2D eigenvalue weighted by atomic mass is 32.2. The van der Waals surface area contributed by atoms with Crippen LogP contribution in [0.25, 0.3) is 0 Å². The van der Waals surface area contributed by atoms with Crippen molar-refractivity contribution < 1.29 is 9.90 Å². The smallest absolute Gasteiger partial charge is 0.253 e. The maximum absolute atomic E-state index is 12.7. The van der Waals surface area contributed by atoms with Crippen molar-refractivity contribution in [1.82, 2.24) is 9.80 Å². The van der Waals surface area contributed by atoms with Gasteiger partial charge < -0.3 is 10.0 Å². The Morgan fingerprint density at radius 3 is 2.57 bits per heavy atom. The van der Waals surface area contributed by atoms with Gasteiger partial charge in [0.1, 0.15) is 0 Å². The molecule has 1 N–H and O–H groups in total. The minimum Gasteiger partial charge on any atom is -0.396 e. The third-order valence-electron chi connectivity index (χ3n) is 4.41. The molecule has 0 aromatic heterocycles. The van der Waals surface area contributed by atoms with E-state index in [2.05, 4.69) is 25.7 Å². The molecule has 2 rings (SSSR count). The van der Waals surface area contributed by atoms with Crippen LogP contribution in [0.2, 0.25) is 0 Å². The van der Waals surface area contributed by atoms with Crippen LogP contribution in [0, 0.1) is 0 Å². The van der Waals surface area contributed by atoms with Crippen molar-refractivity contribution in [2.75, 3.05) is 32.0 Å². The molecule has 4 nitrogen and oxygen atoms in total. The van der Waals surface area contributed by atoms with Crippen LogP contribution >= 0.6 is 11.8 Å². The summed E-state index contributed by atoms with van der Waals surface area (Å²) in [4.78, 5) is 18.3. The Kier molecular flexibility index (Phi) is 6.93. The van der Waals surface area contributed by atoms with Gasteiger partial charge in [-0.2, -0.15) is 0 Å². The fraction of sp³-hybridized carbons (Fsp3) is 0.611. The normalized spacial score (nSPS) is 19.3. The van der Waals surface area contributed by atoms with E-state index in [1.54, 1.807) is 11.8 Å². The number of thioether (sulfide) groups is 1. The molecule has 0 saturated carbocycles. The number of benzene rings is 1. The van der Waals surface area contributed by atoms with Crippen LogP contribution in [0.3, 0.4) is 0 Å². The van der Waals surface area contributed by atoms with Gasteiger partial charge in [0.05, 0.1) is 6.61 Å². The summed E-state index contributed by atoms with van der Waals surface area (Å²) in [6.07, 6.45) is 1.07. The number of aliphatic hydroxyl groups excluding tert-OH is 1. The van der Waals surface area contributed by atoms with Gasteiger partial charge in [-0.25, -0.2) is 0 Å². The quantitative estimate of drug-likeness (QED) is 0.811. The van der Waals surface area contributed by atoms with E-state index in [4.69, 9.17) is 5.11 Å². The third-order valence-corrected chi connectivity index (χ3v) is 5.40. The van der Waals surface area contributed by atoms with E-state index in [0.717, 1.165) is 36.5 Å². The molecule has 1 aliphatic heterocycles. The topological polar surface area (TPSA) is 43.8 Å². The predicted octanol–water partition coefficient (Wildman–Crippen LogP) is 2.72. The molecule has 0 bridgehead atoms. The lowest BCUT2D eigenvalue weighted by molar-refractivity contribution is 0.0371. The molecule has 128 valence electrons. The minimum atomic E-state index is 0.130. The molecule has 23 heavy (non-hydrogen) atoms. The van der Waals surface area contributed by atoms with Crippen LogP contribution in [0.4, 0.5) is 0 Å². The fourth-order valence-electron chi connectivity index (χ4n) is 3.14. The van der Waals surface area contributed by atoms with E-state index in [1.165, 1.54) is 0 Å². The van der Waals surface area contributed by atoms with Gasteiger partial charge in [0, 0.05) is 47.9 Å². The van der Waals surface area contributed by atoms with Crippen LogP contribution in [-0.4, -0.2) is 64.9 Å². The minimum absolute atomic E-state index is 0.130. The lowest BCUT2D eigenvalue weighted by Crippen LogP contribution is -2.56. The van der Waals surface area contributed by atoms with Crippen molar-refractivity contribution in [2.45, 2.75) is 44.2 Å². The molecule has 1 aliphatic rings. The molecule has 0 radical (unpaired) electrons. The molecule has 1 atom stereocenters. The lowest BCUT2D eigenvalue weighted by Gasteiger charge is -2.43. The average Bonchev–Trinajstić information content (AvgIpc) is 2.59. The maximum atomic E-state index is 12.7. The van der Waals surface area contributed by atoms with Gasteiger partial charge in [0.25, 0.3) is 5.91 Å². The van der Waals surface area contributed by atoms with E-state index in [0.29, 0.717) is 17.8 Å². The second-order valence-electron chi connectivity index (χ2n) is 6.24. The van der Waals surface area contributed by atoms with Gasteiger partial charge in [0.15, 0.2) is 0 Å². The summed E-state index contributed by atoms with van der Waals surface area (Å²) < 4.78 is 0. The number of aliphatic hydroxyl groups is 1. The SMILES string of the molecule is CC[C@H]1CN(C(=O)c2ccc(SCCO)cc2)CCN1C(C)C. The Hall–Kier alpha value is -1.04. The van der Waals surface area contributed by atoms with Gasteiger partial charge in [-0.05, 0) is 44.5 Å². The predicted molar refractivity (Wildman–Crippen MR) is 96.1 cm³/mol. The number of amides is 1. The molecular weight excluding hydrogens is 308 g/mol. The first kappa shape index (κ1) is 18.3. The maximum Gasteiger partial charge on any atom is 0.253 e.